The van der Waals surface area contributed by atoms with Crippen molar-refractivity contribution in [2.24, 2.45) is 68.5 Å². The Morgan fingerprint density at radius 3 is 0.988 bits per heavy atom. The smallest absolute Gasteiger partial charge is 0.462 e. The molecule has 9 aliphatic rings. The summed E-state index contributed by atoms with van der Waals surface area (Å²) in [6.45, 7) is 11.7. The number of alkyl halides is 6. The Morgan fingerprint density at radius 1 is 0.381 bits per heavy atom. The molecule has 0 spiro atoms. The molecule has 0 aliphatic heterocycles. The Labute approximate surface area is 488 Å². The van der Waals surface area contributed by atoms with E-state index in [0.29, 0.717) is 106 Å². The van der Waals surface area contributed by atoms with Gasteiger partial charge in [0.2, 0.25) is 0 Å². The van der Waals surface area contributed by atoms with Gasteiger partial charge >= 0.3 is 71.9 Å². The highest BCUT2D eigenvalue weighted by atomic mass is 19.3. The molecule has 9 saturated carbocycles. The van der Waals surface area contributed by atoms with Gasteiger partial charge in [0.05, 0.1) is 33.0 Å². The highest BCUT2D eigenvalue weighted by molar-refractivity contribution is 5.84. The lowest BCUT2D eigenvalue weighted by atomic mass is 9.49. The fourth-order valence-electron chi connectivity index (χ4n) is 13.0. The monoisotopic (exact) mass is 1210 g/mol. The minimum Gasteiger partial charge on any atom is -0.462 e. The van der Waals surface area contributed by atoms with E-state index in [1.54, 1.807) is 41.5 Å². The Hall–Kier alpha value is -5.19. The van der Waals surface area contributed by atoms with E-state index in [-0.39, 0.29) is 19.8 Å². The van der Waals surface area contributed by atoms with Gasteiger partial charge in [-0.3, -0.25) is 28.8 Å². The average molecular weight is 1210 g/mol. The number of hydrogen-bond donors (Lipinski definition) is 0. The van der Waals surface area contributed by atoms with Crippen LogP contribution in [0, 0.1) is 68.5 Å². The fourth-order valence-corrected chi connectivity index (χ4v) is 13.0. The first kappa shape index (κ1) is 69.6. The van der Waals surface area contributed by atoms with Crippen LogP contribution in [0.5, 0.6) is 0 Å². The predicted molar refractivity (Wildman–Crippen MR) is 284 cm³/mol. The van der Waals surface area contributed by atoms with Crippen LogP contribution in [0.3, 0.4) is 0 Å². The van der Waals surface area contributed by atoms with Gasteiger partial charge in [0.25, 0.3) is 0 Å². The third-order valence-corrected chi connectivity index (χ3v) is 18.4. The molecule has 0 atom stereocenters. The standard InChI is InChI=1S/C22H32F2O6.C21H30F2O6.C17H26F2O6/c1-4-20(2,3)17(25)28-5-6-29-19(27)22(23,24)13-30-18(26)21-10-14-7-15(11-21)9-16(8-14)12-21;1-4-19(2,3)16(24)27-5-6-28-18(26)21(22,23)29-17(25)20-10-13-7-14(11-20)9-15(8-13)12-20;1-4-16(2,3)14(21)23-10-11-24-15(22)17(18,19)25-13(20)12-8-6-5-7-9-12/h14-16H,4-13H2,1-3H3;13-15H,4-12H2,1-3H3;12H,4-11H2,1-3H3. The highest BCUT2D eigenvalue weighted by Gasteiger charge is 2.60. The van der Waals surface area contributed by atoms with E-state index >= 15 is 0 Å². The third-order valence-electron chi connectivity index (χ3n) is 18.4. The molecular weight excluding hydrogens is 1120 g/mol. The summed E-state index contributed by atoms with van der Waals surface area (Å²) in [5.74, 6) is -11.8. The first-order chi connectivity index (χ1) is 39.0. The van der Waals surface area contributed by atoms with E-state index in [1.807, 2.05) is 20.8 Å². The van der Waals surface area contributed by atoms with Gasteiger partial charge < -0.3 is 42.6 Å². The largest absolute Gasteiger partial charge is 0.504 e. The minimum atomic E-state index is -4.35. The maximum atomic E-state index is 14.2. The quantitative estimate of drug-likeness (QED) is 0.0357. The zero-order chi connectivity index (χ0) is 62.7. The van der Waals surface area contributed by atoms with Crippen LogP contribution in [0.4, 0.5) is 26.3 Å². The Balaban J connectivity index is 0.000000232. The second-order valence-corrected chi connectivity index (χ2v) is 26.4. The van der Waals surface area contributed by atoms with Crippen molar-refractivity contribution in [3.8, 4) is 0 Å². The maximum absolute atomic E-state index is 14.2. The van der Waals surface area contributed by atoms with E-state index in [2.05, 4.69) is 23.7 Å². The van der Waals surface area contributed by atoms with Crippen LogP contribution in [0.2, 0.25) is 0 Å². The summed E-state index contributed by atoms with van der Waals surface area (Å²) in [7, 11) is 0. The summed E-state index contributed by atoms with van der Waals surface area (Å²) in [5, 5.41) is 0. The van der Waals surface area contributed by atoms with E-state index in [1.165, 1.54) is 0 Å². The van der Waals surface area contributed by atoms with Gasteiger partial charge in [0.15, 0.2) is 6.61 Å². The molecule has 478 valence electrons. The lowest BCUT2D eigenvalue weighted by Crippen LogP contribution is -2.52. The molecule has 0 aromatic carbocycles. The number of carbonyl (C=O) groups excluding carboxylic acids is 9. The number of rotatable bonds is 25. The Kier molecular flexibility index (Phi) is 23.6. The number of halogens is 6. The molecule has 0 heterocycles. The van der Waals surface area contributed by atoms with Crippen LogP contribution < -0.4 is 0 Å². The molecule has 0 aromatic rings. The number of ether oxygens (including phenoxy) is 9. The first-order valence-corrected chi connectivity index (χ1v) is 29.8. The van der Waals surface area contributed by atoms with Gasteiger partial charge in [-0.2, -0.15) is 26.3 Å². The molecule has 24 heteroatoms. The van der Waals surface area contributed by atoms with E-state index in [9.17, 15) is 69.5 Å². The third kappa shape index (κ3) is 18.4. The molecule has 84 heavy (non-hydrogen) atoms. The number of hydrogen-bond acceptors (Lipinski definition) is 18. The van der Waals surface area contributed by atoms with Gasteiger partial charge in [-0.15, -0.1) is 0 Å². The molecule has 0 saturated heterocycles. The first-order valence-electron chi connectivity index (χ1n) is 29.8. The van der Waals surface area contributed by atoms with Crippen LogP contribution in [-0.2, 0) is 85.8 Å². The zero-order valence-corrected chi connectivity index (χ0v) is 50.2. The summed E-state index contributed by atoms with van der Waals surface area (Å²) in [5.41, 5.74) is -3.65. The molecule has 0 unspecified atom stereocenters. The fraction of sp³-hybridized carbons (Fsp3) is 0.850. The Morgan fingerprint density at radius 2 is 0.667 bits per heavy atom. The maximum Gasteiger partial charge on any atom is 0.504 e. The normalized spacial score (nSPS) is 26.2. The van der Waals surface area contributed by atoms with Crippen molar-refractivity contribution in [2.75, 3.05) is 46.2 Å². The van der Waals surface area contributed by atoms with E-state index in [4.69, 9.17) is 18.9 Å². The van der Waals surface area contributed by atoms with Gasteiger partial charge in [-0.25, -0.2) is 14.4 Å². The van der Waals surface area contributed by atoms with Gasteiger partial charge in [0, 0.05) is 0 Å². The lowest BCUT2D eigenvalue weighted by Gasteiger charge is -2.55. The van der Waals surface area contributed by atoms with Crippen molar-refractivity contribution >= 4 is 53.7 Å². The molecule has 0 aromatic heterocycles. The lowest BCUT2D eigenvalue weighted by molar-refractivity contribution is -0.255. The van der Waals surface area contributed by atoms with E-state index < -0.39 is 131 Å². The second-order valence-electron chi connectivity index (χ2n) is 26.4. The van der Waals surface area contributed by atoms with Gasteiger partial charge in [-0.1, -0.05) is 40.0 Å². The summed E-state index contributed by atoms with van der Waals surface area (Å²) in [6.07, 6.45) is 6.71. The van der Waals surface area contributed by atoms with Crippen LogP contribution in [0.1, 0.15) is 191 Å². The minimum absolute atomic E-state index is 0.308. The molecular formula is C60H88F6O18. The average Bonchev–Trinajstić information content (AvgIpc) is 0.884. The second kappa shape index (κ2) is 28.5. The van der Waals surface area contributed by atoms with Gasteiger partial charge in [0.1, 0.15) is 39.6 Å². The van der Waals surface area contributed by atoms with Crippen molar-refractivity contribution < 1.29 is 112 Å². The summed E-state index contributed by atoms with van der Waals surface area (Å²) < 4.78 is 125. The topological polar surface area (TPSA) is 237 Å². The molecule has 9 fully saturated rings. The van der Waals surface area contributed by atoms with Crippen molar-refractivity contribution in [2.45, 2.75) is 209 Å². The van der Waals surface area contributed by atoms with Gasteiger partial charge in [-0.05, 0) is 186 Å². The SMILES string of the molecule is CCC(C)(C)C(=O)OCCOC(=O)C(F)(F)COC(=O)C12CC3CC(CC(C3)C1)C2.CCC(C)(C)C(=O)OCCOC(=O)C(F)(F)OC(=O)C12CC3CC(CC(C3)C1)C2.CCC(C)(C)C(=O)OCCOC(=O)C(F)(F)OC(=O)C1CCCCC1. The van der Waals surface area contributed by atoms with Crippen LogP contribution in [-0.4, -0.2) is 118 Å². The van der Waals surface area contributed by atoms with Crippen molar-refractivity contribution in [1.82, 2.24) is 0 Å². The highest BCUT2D eigenvalue weighted by Crippen LogP contribution is 2.62. The molecule has 0 N–H and O–H groups in total. The van der Waals surface area contributed by atoms with E-state index in [0.717, 1.165) is 57.8 Å². The molecule has 9 aliphatic carbocycles. The van der Waals surface area contributed by atoms with Crippen molar-refractivity contribution in [1.29, 1.82) is 0 Å². The van der Waals surface area contributed by atoms with Crippen LogP contribution in [0.25, 0.3) is 0 Å². The Bertz CT molecular complexity index is 2270. The van der Waals surface area contributed by atoms with Crippen molar-refractivity contribution in [3.63, 3.8) is 0 Å². The van der Waals surface area contributed by atoms with Crippen molar-refractivity contribution in [3.05, 3.63) is 0 Å². The molecule has 0 amide bonds. The van der Waals surface area contributed by atoms with Crippen LogP contribution >= 0.6 is 0 Å². The summed E-state index contributed by atoms with van der Waals surface area (Å²) in [6, 6.07) is 0. The zero-order valence-electron chi connectivity index (χ0n) is 50.2. The predicted octanol–water partition coefficient (Wildman–Crippen LogP) is 11.0. The molecule has 0 radical (unpaired) electrons. The summed E-state index contributed by atoms with van der Waals surface area (Å²) >= 11 is 0. The molecule has 18 nitrogen and oxygen atoms in total. The number of esters is 9. The van der Waals surface area contributed by atoms with Crippen LogP contribution in [0.15, 0.2) is 0 Å². The molecule has 8 bridgehead atoms. The number of carbonyl (C=O) groups is 9. The summed E-state index contributed by atoms with van der Waals surface area (Å²) in [4.78, 5) is 107. The molecule has 9 rings (SSSR count).